The van der Waals surface area contributed by atoms with Crippen molar-refractivity contribution in [1.82, 2.24) is 10.3 Å². The maximum atomic E-state index is 4.45. The molecule has 0 saturated heterocycles. The van der Waals surface area contributed by atoms with Crippen LogP contribution in [0, 0.1) is 5.92 Å². The molecule has 0 spiro atoms. The molecule has 0 aromatic carbocycles. The molecule has 0 aliphatic heterocycles. The molecule has 1 aliphatic carbocycles. The Kier molecular flexibility index (Phi) is 5.18. The normalized spacial score (nSPS) is 20.6. The molecule has 1 fully saturated rings. The monoisotopic (exact) mass is 246 g/mol. The second-order valence-corrected chi connectivity index (χ2v) is 5.56. The summed E-state index contributed by atoms with van der Waals surface area (Å²) < 4.78 is 0. The minimum absolute atomic E-state index is 0.359. The van der Waals surface area contributed by atoms with E-state index >= 15 is 0 Å². The third-order valence-electron chi connectivity index (χ3n) is 4.25. The van der Waals surface area contributed by atoms with Crippen molar-refractivity contribution in [3.63, 3.8) is 0 Å². The SMILES string of the molecule is CCC(NC(C)c1ccccn1)C1CCCCC1. The molecule has 100 valence electrons. The Balaban J connectivity index is 1.93. The van der Waals surface area contributed by atoms with Crippen molar-refractivity contribution in [2.75, 3.05) is 0 Å². The Morgan fingerprint density at radius 2 is 2.06 bits per heavy atom. The molecular formula is C16H26N2. The van der Waals surface area contributed by atoms with Gasteiger partial charge in [0.15, 0.2) is 0 Å². The summed E-state index contributed by atoms with van der Waals surface area (Å²) >= 11 is 0. The summed E-state index contributed by atoms with van der Waals surface area (Å²) in [6.45, 7) is 4.53. The molecule has 1 aliphatic rings. The predicted molar refractivity (Wildman–Crippen MR) is 76.4 cm³/mol. The Bertz CT molecular complexity index is 330. The van der Waals surface area contributed by atoms with Crippen molar-refractivity contribution in [2.24, 2.45) is 5.92 Å². The largest absolute Gasteiger partial charge is 0.306 e. The lowest BCUT2D eigenvalue weighted by Gasteiger charge is -2.32. The molecule has 2 atom stereocenters. The highest BCUT2D eigenvalue weighted by Crippen LogP contribution is 2.28. The maximum Gasteiger partial charge on any atom is 0.0570 e. The Labute approximate surface area is 111 Å². The summed E-state index contributed by atoms with van der Waals surface area (Å²) in [6.07, 6.45) is 10.2. The van der Waals surface area contributed by atoms with Crippen LogP contribution in [0.3, 0.4) is 0 Å². The summed E-state index contributed by atoms with van der Waals surface area (Å²) in [5, 5.41) is 3.79. The predicted octanol–water partition coefficient (Wildman–Crippen LogP) is 4.09. The molecule has 1 N–H and O–H groups in total. The van der Waals surface area contributed by atoms with E-state index in [0.717, 1.165) is 11.6 Å². The standard InChI is InChI=1S/C16H26N2/c1-3-15(14-9-5-4-6-10-14)18-13(2)16-11-7-8-12-17-16/h7-8,11-15,18H,3-6,9-10H2,1-2H3. The molecule has 1 aromatic heterocycles. The average molecular weight is 246 g/mol. The first kappa shape index (κ1) is 13.5. The van der Waals surface area contributed by atoms with Crippen LogP contribution in [0.2, 0.25) is 0 Å². The number of nitrogens with one attached hydrogen (secondary N) is 1. The fourth-order valence-electron chi connectivity index (χ4n) is 3.16. The van der Waals surface area contributed by atoms with Crippen LogP contribution in [0.15, 0.2) is 24.4 Å². The molecule has 1 aromatic rings. The van der Waals surface area contributed by atoms with Gasteiger partial charge in [0.25, 0.3) is 0 Å². The third-order valence-corrected chi connectivity index (χ3v) is 4.25. The highest BCUT2D eigenvalue weighted by atomic mass is 15.0. The molecule has 18 heavy (non-hydrogen) atoms. The lowest BCUT2D eigenvalue weighted by molar-refractivity contribution is 0.248. The van der Waals surface area contributed by atoms with Crippen molar-refractivity contribution < 1.29 is 0 Å². The summed E-state index contributed by atoms with van der Waals surface area (Å²) in [6, 6.07) is 7.18. The minimum atomic E-state index is 0.359. The van der Waals surface area contributed by atoms with E-state index in [2.05, 4.69) is 36.3 Å². The van der Waals surface area contributed by atoms with Gasteiger partial charge in [-0.15, -0.1) is 0 Å². The smallest absolute Gasteiger partial charge is 0.0570 e. The van der Waals surface area contributed by atoms with E-state index < -0.39 is 0 Å². The van der Waals surface area contributed by atoms with Gasteiger partial charge in [-0.1, -0.05) is 32.3 Å². The van der Waals surface area contributed by atoms with Crippen molar-refractivity contribution in [1.29, 1.82) is 0 Å². The van der Waals surface area contributed by atoms with Gasteiger partial charge < -0.3 is 5.32 Å². The lowest BCUT2D eigenvalue weighted by atomic mass is 9.82. The van der Waals surface area contributed by atoms with Crippen LogP contribution in [0.4, 0.5) is 0 Å². The molecule has 2 unspecified atom stereocenters. The molecule has 2 heteroatoms. The Hall–Kier alpha value is -0.890. The number of rotatable bonds is 5. The van der Waals surface area contributed by atoms with Crippen molar-refractivity contribution in [3.05, 3.63) is 30.1 Å². The van der Waals surface area contributed by atoms with Crippen LogP contribution in [-0.2, 0) is 0 Å². The van der Waals surface area contributed by atoms with Crippen LogP contribution >= 0.6 is 0 Å². The van der Waals surface area contributed by atoms with Gasteiger partial charge in [0.1, 0.15) is 0 Å². The van der Waals surface area contributed by atoms with Crippen molar-refractivity contribution in [2.45, 2.75) is 64.5 Å². The maximum absolute atomic E-state index is 4.45. The molecular weight excluding hydrogens is 220 g/mol. The van der Waals surface area contributed by atoms with E-state index in [4.69, 9.17) is 0 Å². The molecule has 2 rings (SSSR count). The van der Waals surface area contributed by atoms with Gasteiger partial charge in [-0.05, 0) is 44.2 Å². The van der Waals surface area contributed by atoms with Crippen LogP contribution in [0.25, 0.3) is 0 Å². The summed E-state index contributed by atoms with van der Waals surface area (Å²) in [5.74, 6) is 0.870. The Morgan fingerprint density at radius 1 is 1.28 bits per heavy atom. The Morgan fingerprint density at radius 3 is 2.67 bits per heavy atom. The lowest BCUT2D eigenvalue weighted by Crippen LogP contribution is -2.38. The van der Waals surface area contributed by atoms with Gasteiger partial charge in [0, 0.05) is 18.3 Å². The van der Waals surface area contributed by atoms with Crippen LogP contribution in [0.5, 0.6) is 0 Å². The minimum Gasteiger partial charge on any atom is -0.306 e. The topological polar surface area (TPSA) is 24.9 Å². The van der Waals surface area contributed by atoms with E-state index in [0.29, 0.717) is 12.1 Å². The number of nitrogens with zero attached hydrogens (tertiary/aromatic N) is 1. The zero-order valence-corrected chi connectivity index (χ0v) is 11.7. The molecule has 1 heterocycles. The van der Waals surface area contributed by atoms with Gasteiger partial charge >= 0.3 is 0 Å². The van der Waals surface area contributed by atoms with Crippen LogP contribution in [0.1, 0.15) is 64.1 Å². The van der Waals surface area contributed by atoms with Crippen molar-refractivity contribution in [3.8, 4) is 0 Å². The van der Waals surface area contributed by atoms with Crippen LogP contribution < -0.4 is 5.32 Å². The third kappa shape index (κ3) is 3.55. The van der Waals surface area contributed by atoms with E-state index in [9.17, 15) is 0 Å². The number of pyridine rings is 1. The highest BCUT2D eigenvalue weighted by molar-refractivity contribution is 5.08. The quantitative estimate of drug-likeness (QED) is 0.846. The fourth-order valence-corrected chi connectivity index (χ4v) is 3.16. The van der Waals surface area contributed by atoms with Gasteiger partial charge in [-0.3, -0.25) is 4.98 Å². The second-order valence-electron chi connectivity index (χ2n) is 5.56. The summed E-state index contributed by atoms with van der Waals surface area (Å²) in [5.41, 5.74) is 1.16. The summed E-state index contributed by atoms with van der Waals surface area (Å²) in [4.78, 5) is 4.45. The van der Waals surface area contributed by atoms with E-state index in [-0.39, 0.29) is 0 Å². The highest BCUT2D eigenvalue weighted by Gasteiger charge is 2.23. The van der Waals surface area contributed by atoms with Gasteiger partial charge in [0.05, 0.1) is 5.69 Å². The molecule has 1 saturated carbocycles. The van der Waals surface area contributed by atoms with E-state index in [1.165, 1.54) is 38.5 Å². The molecule has 2 nitrogen and oxygen atoms in total. The van der Waals surface area contributed by atoms with E-state index in [1.54, 1.807) is 0 Å². The zero-order valence-electron chi connectivity index (χ0n) is 11.7. The van der Waals surface area contributed by atoms with Crippen molar-refractivity contribution >= 4 is 0 Å². The average Bonchev–Trinajstić information content (AvgIpc) is 2.46. The second kappa shape index (κ2) is 6.89. The molecule has 0 amide bonds. The van der Waals surface area contributed by atoms with Gasteiger partial charge in [0.2, 0.25) is 0 Å². The fraction of sp³-hybridized carbons (Fsp3) is 0.688. The summed E-state index contributed by atoms with van der Waals surface area (Å²) in [7, 11) is 0. The first-order valence-corrected chi connectivity index (χ1v) is 7.48. The van der Waals surface area contributed by atoms with Crippen LogP contribution in [-0.4, -0.2) is 11.0 Å². The van der Waals surface area contributed by atoms with Gasteiger partial charge in [-0.2, -0.15) is 0 Å². The zero-order chi connectivity index (χ0) is 12.8. The van der Waals surface area contributed by atoms with Gasteiger partial charge in [-0.25, -0.2) is 0 Å². The number of hydrogen-bond acceptors (Lipinski definition) is 2. The number of aromatic nitrogens is 1. The molecule has 0 radical (unpaired) electrons. The first-order valence-electron chi connectivity index (χ1n) is 7.48. The first-order chi connectivity index (χ1) is 8.81. The number of hydrogen-bond donors (Lipinski definition) is 1. The van der Waals surface area contributed by atoms with E-state index in [1.807, 2.05) is 12.3 Å². The molecule has 0 bridgehead atoms.